The smallest absolute Gasteiger partial charge is 0.0436 e. The van der Waals surface area contributed by atoms with Gasteiger partial charge in [-0.05, 0) is 37.0 Å². The van der Waals surface area contributed by atoms with Gasteiger partial charge in [0.2, 0.25) is 0 Å². The van der Waals surface area contributed by atoms with Gasteiger partial charge >= 0.3 is 0 Å². The highest BCUT2D eigenvalue weighted by Gasteiger charge is 2.21. The predicted octanol–water partition coefficient (Wildman–Crippen LogP) is 3.68. The van der Waals surface area contributed by atoms with Crippen molar-refractivity contribution in [2.45, 2.75) is 53.4 Å². The van der Waals surface area contributed by atoms with Gasteiger partial charge in [-0.2, -0.15) is 0 Å². The third-order valence-corrected chi connectivity index (χ3v) is 4.48. The average Bonchev–Trinajstić information content (AvgIpc) is 2.39. The van der Waals surface area contributed by atoms with Crippen LogP contribution >= 0.6 is 0 Å². The summed E-state index contributed by atoms with van der Waals surface area (Å²) in [7, 11) is 0. The van der Waals surface area contributed by atoms with Gasteiger partial charge < -0.3 is 10.4 Å². The molecule has 19 heavy (non-hydrogen) atoms. The molecule has 0 aromatic heterocycles. The lowest BCUT2D eigenvalue weighted by Gasteiger charge is -2.28. The maximum atomic E-state index is 9.12. The van der Waals surface area contributed by atoms with Crippen LogP contribution in [0.15, 0.2) is 23.3 Å². The molecule has 2 heteroatoms. The van der Waals surface area contributed by atoms with Gasteiger partial charge in [-0.25, -0.2) is 0 Å². The maximum Gasteiger partial charge on any atom is 0.0436 e. The Kier molecular flexibility index (Phi) is 6.81. The van der Waals surface area contributed by atoms with E-state index in [0.717, 1.165) is 25.9 Å². The van der Waals surface area contributed by atoms with Gasteiger partial charge in [0, 0.05) is 19.7 Å². The first-order valence-electron chi connectivity index (χ1n) is 7.71. The van der Waals surface area contributed by atoms with Crippen molar-refractivity contribution >= 4 is 0 Å². The van der Waals surface area contributed by atoms with Gasteiger partial charge in [-0.1, -0.05) is 51.0 Å². The minimum absolute atomic E-state index is 0.225. The zero-order chi connectivity index (χ0) is 14.3. The summed E-state index contributed by atoms with van der Waals surface area (Å²) in [5.41, 5.74) is 3.30. The van der Waals surface area contributed by atoms with E-state index in [1.807, 2.05) is 0 Å². The van der Waals surface area contributed by atoms with E-state index in [2.05, 4.69) is 45.2 Å². The summed E-state index contributed by atoms with van der Waals surface area (Å²) in [6.45, 7) is 11.3. The largest absolute Gasteiger partial charge is 0.396 e. The number of aliphatic hydroxyl groups excluding tert-OH is 1. The van der Waals surface area contributed by atoms with Crippen LogP contribution in [0.3, 0.4) is 0 Å². The van der Waals surface area contributed by atoms with Crippen LogP contribution in [0.25, 0.3) is 0 Å². The molecule has 0 aromatic rings. The third kappa shape index (κ3) is 5.50. The Morgan fingerprint density at radius 3 is 2.53 bits per heavy atom. The van der Waals surface area contributed by atoms with Gasteiger partial charge in [0.1, 0.15) is 0 Å². The molecule has 0 aliphatic heterocycles. The van der Waals surface area contributed by atoms with Gasteiger partial charge in [-0.15, -0.1) is 0 Å². The minimum Gasteiger partial charge on any atom is -0.396 e. The Morgan fingerprint density at radius 1 is 1.32 bits per heavy atom. The van der Waals surface area contributed by atoms with Crippen molar-refractivity contribution in [2.75, 3.05) is 19.7 Å². The number of rotatable bonds is 8. The molecule has 0 saturated heterocycles. The van der Waals surface area contributed by atoms with Crippen molar-refractivity contribution in [3.8, 4) is 0 Å². The standard InChI is InChI=1S/C17H31NO/c1-5-17(4,10-11-19)13-18-12-15-6-8-16(9-7-15)14(2)3/h6,8,14,18-19H,5,7,9-13H2,1-4H3. The molecule has 0 fully saturated rings. The monoisotopic (exact) mass is 265 g/mol. The number of hydrogen-bond acceptors (Lipinski definition) is 2. The van der Waals surface area contributed by atoms with Crippen LogP contribution < -0.4 is 5.32 Å². The zero-order valence-corrected chi connectivity index (χ0v) is 13.1. The first kappa shape index (κ1) is 16.5. The number of hydrogen-bond donors (Lipinski definition) is 2. The second-order valence-electron chi connectivity index (χ2n) is 6.46. The Morgan fingerprint density at radius 2 is 2.05 bits per heavy atom. The van der Waals surface area contributed by atoms with E-state index in [1.54, 1.807) is 5.57 Å². The Bertz CT molecular complexity index is 330. The fourth-order valence-corrected chi connectivity index (χ4v) is 2.51. The third-order valence-electron chi connectivity index (χ3n) is 4.48. The molecule has 1 atom stereocenters. The molecule has 1 aliphatic rings. The van der Waals surface area contributed by atoms with Gasteiger partial charge in [0.25, 0.3) is 0 Å². The normalized spacial score (nSPS) is 19.1. The summed E-state index contributed by atoms with van der Waals surface area (Å²) >= 11 is 0. The second-order valence-corrected chi connectivity index (χ2v) is 6.46. The van der Waals surface area contributed by atoms with Crippen molar-refractivity contribution in [1.29, 1.82) is 0 Å². The molecule has 0 radical (unpaired) electrons. The molecule has 110 valence electrons. The molecule has 0 heterocycles. The zero-order valence-electron chi connectivity index (χ0n) is 13.1. The van der Waals surface area contributed by atoms with Crippen LogP contribution in [0.4, 0.5) is 0 Å². The van der Waals surface area contributed by atoms with Crippen molar-refractivity contribution < 1.29 is 5.11 Å². The van der Waals surface area contributed by atoms with E-state index in [9.17, 15) is 0 Å². The molecule has 2 nitrogen and oxygen atoms in total. The molecular weight excluding hydrogens is 234 g/mol. The first-order chi connectivity index (χ1) is 9.00. The summed E-state index contributed by atoms with van der Waals surface area (Å²) in [5, 5.41) is 12.7. The fourth-order valence-electron chi connectivity index (χ4n) is 2.51. The first-order valence-corrected chi connectivity index (χ1v) is 7.71. The van der Waals surface area contributed by atoms with E-state index >= 15 is 0 Å². The molecule has 0 aromatic carbocycles. The second kappa shape index (κ2) is 7.86. The van der Waals surface area contributed by atoms with E-state index < -0.39 is 0 Å². The summed E-state index contributed by atoms with van der Waals surface area (Å²) in [5.74, 6) is 0.679. The van der Waals surface area contributed by atoms with Crippen LogP contribution in [-0.2, 0) is 0 Å². The van der Waals surface area contributed by atoms with Crippen molar-refractivity contribution in [3.63, 3.8) is 0 Å². The number of aliphatic hydroxyl groups is 1. The van der Waals surface area contributed by atoms with Crippen LogP contribution in [0.2, 0.25) is 0 Å². The fraction of sp³-hybridized carbons (Fsp3) is 0.765. The van der Waals surface area contributed by atoms with E-state index in [-0.39, 0.29) is 12.0 Å². The van der Waals surface area contributed by atoms with Gasteiger partial charge in [0.05, 0.1) is 0 Å². The summed E-state index contributed by atoms with van der Waals surface area (Å²) < 4.78 is 0. The van der Waals surface area contributed by atoms with Crippen LogP contribution in [-0.4, -0.2) is 24.8 Å². The lowest BCUT2D eigenvalue weighted by Crippen LogP contribution is -2.33. The SMILES string of the molecule is CCC(C)(CCO)CNCC1=CC=C(C(C)C)CC1. The van der Waals surface area contributed by atoms with Gasteiger partial charge in [-0.3, -0.25) is 0 Å². The summed E-state index contributed by atoms with van der Waals surface area (Å²) in [4.78, 5) is 0. The number of nitrogens with one attached hydrogen (secondary N) is 1. The highest BCUT2D eigenvalue weighted by Crippen LogP contribution is 2.25. The van der Waals surface area contributed by atoms with Gasteiger partial charge in [0.15, 0.2) is 0 Å². The van der Waals surface area contributed by atoms with Crippen molar-refractivity contribution in [1.82, 2.24) is 5.32 Å². The maximum absolute atomic E-state index is 9.12. The molecule has 0 saturated carbocycles. The van der Waals surface area contributed by atoms with Crippen LogP contribution in [0.1, 0.15) is 53.4 Å². The molecule has 1 unspecified atom stereocenters. The molecule has 0 spiro atoms. The summed E-state index contributed by atoms with van der Waals surface area (Å²) in [6.07, 6.45) is 9.00. The highest BCUT2D eigenvalue weighted by atomic mass is 16.3. The Hall–Kier alpha value is -0.600. The van der Waals surface area contributed by atoms with Crippen LogP contribution in [0, 0.1) is 11.3 Å². The molecular formula is C17H31NO. The summed E-state index contributed by atoms with van der Waals surface area (Å²) in [6, 6.07) is 0. The van der Waals surface area contributed by atoms with E-state index in [4.69, 9.17) is 5.11 Å². The molecule has 1 aliphatic carbocycles. The van der Waals surface area contributed by atoms with Crippen molar-refractivity contribution in [2.24, 2.45) is 11.3 Å². The quantitative estimate of drug-likeness (QED) is 0.702. The average molecular weight is 265 g/mol. The van der Waals surface area contributed by atoms with E-state index in [1.165, 1.54) is 18.4 Å². The lowest BCUT2D eigenvalue weighted by atomic mass is 9.84. The molecule has 0 amide bonds. The predicted molar refractivity (Wildman–Crippen MR) is 83.2 cm³/mol. The Balaban J connectivity index is 2.38. The van der Waals surface area contributed by atoms with E-state index in [0.29, 0.717) is 5.92 Å². The molecule has 2 N–H and O–H groups in total. The molecule has 1 rings (SSSR count). The molecule has 0 bridgehead atoms. The van der Waals surface area contributed by atoms with Crippen molar-refractivity contribution in [3.05, 3.63) is 23.3 Å². The highest BCUT2D eigenvalue weighted by molar-refractivity contribution is 5.25. The lowest BCUT2D eigenvalue weighted by molar-refractivity contribution is 0.188. The minimum atomic E-state index is 0.225. The number of allylic oxidation sites excluding steroid dienone is 3. The Labute approximate surface area is 119 Å². The van der Waals surface area contributed by atoms with Crippen LogP contribution in [0.5, 0.6) is 0 Å². The topological polar surface area (TPSA) is 32.3 Å².